The molecule has 98 valence electrons. The van der Waals surface area contributed by atoms with E-state index in [1.165, 1.54) is 11.8 Å². The molecule has 0 aromatic carbocycles. The molecular weight excluding hydrogens is 295 g/mol. The van der Waals surface area contributed by atoms with E-state index < -0.39 is 0 Å². The van der Waals surface area contributed by atoms with Crippen molar-refractivity contribution in [3.8, 4) is 0 Å². The second kappa shape index (κ2) is 5.95. The van der Waals surface area contributed by atoms with Crippen molar-refractivity contribution in [1.29, 1.82) is 0 Å². The summed E-state index contributed by atoms with van der Waals surface area (Å²) in [6.45, 7) is 2.69. The fourth-order valence-corrected chi connectivity index (χ4v) is 2.99. The molecule has 2 rings (SSSR count). The molecule has 0 saturated carbocycles. The van der Waals surface area contributed by atoms with Crippen LogP contribution in [-0.4, -0.2) is 53.7 Å². The third-order valence-electron chi connectivity index (χ3n) is 2.72. The number of thioether (sulfide) groups is 1. The highest BCUT2D eigenvalue weighted by atomic mass is 35.5. The van der Waals surface area contributed by atoms with E-state index in [1.807, 2.05) is 11.2 Å². The Morgan fingerprint density at radius 1 is 1.17 bits per heavy atom. The van der Waals surface area contributed by atoms with Gasteiger partial charge in [-0.1, -0.05) is 23.2 Å². The Kier molecular flexibility index (Phi) is 4.53. The monoisotopic (exact) mass is 306 g/mol. The van der Waals surface area contributed by atoms with Crippen LogP contribution in [0.3, 0.4) is 0 Å². The number of rotatable bonds is 3. The molecule has 1 aliphatic rings. The van der Waals surface area contributed by atoms with Crippen molar-refractivity contribution in [2.75, 3.05) is 37.3 Å². The van der Waals surface area contributed by atoms with Gasteiger partial charge in [0.25, 0.3) is 0 Å². The molecular formula is C10H12Cl2N4OS. The van der Waals surface area contributed by atoms with Gasteiger partial charge >= 0.3 is 0 Å². The van der Waals surface area contributed by atoms with E-state index in [1.54, 1.807) is 4.90 Å². The van der Waals surface area contributed by atoms with Gasteiger partial charge in [0.05, 0.1) is 4.90 Å². The van der Waals surface area contributed by atoms with E-state index in [9.17, 15) is 4.79 Å². The number of amides is 1. The number of hydrogen-bond donors (Lipinski definition) is 0. The van der Waals surface area contributed by atoms with Crippen molar-refractivity contribution in [2.24, 2.45) is 0 Å². The van der Waals surface area contributed by atoms with Crippen molar-refractivity contribution in [3.63, 3.8) is 0 Å². The van der Waals surface area contributed by atoms with Gasteiger partial charge in [-0.3, -0.25) is 4.79 Å². The van der Waals surface area contributed by atoms with Gasteiger partial charge in [-0.05, 0) is 6.26 Å². The number of halogens is 2. The van der Waals surface area contributed by atoms with E-state index in [2.05, 4.69) is 9.97 Å². The van der Waals surface area contributed by atoms with E-state index in [0.29, 0.717) is 47.3 Å². The Morgan fingerprint density at radius 2 is 1.72 bits per heavy atom. The van der Waals surface area contributed by atoms with Crippen LogP contribution in [0.1, 0.15) is 0 Å². The van der Waals surface area contributed by atoms with Crippen LogP contribution in [-0.2, 0) is 4.79 Å². The molecule has 0 radical (unpaired) electrons. The molecule has 0 spiro atoms. The molecule has 8 heteroatoms. The molecule has 1 amide bonds. The highest BCUT2D eigenvalue weighted by Crippen LogP contribution is 2.31. The number of carbonyl (C=O) groups is 1. The van der Waals surface area contributed by atoms with E-state index in [0.717, 1.165) is 6.41 Å². The molecule has 0 N–H and O–H groups in total. The number of nitrogens with zero attached hydrogens (tertiary/aromatic N) is 4. The molecule has 1 aromatic heterocycles. The third kappa shape index (κ3) is 2.81. The van der Waals surface area contributed by atoms with Crippen LogP contribution in [0.25, 0.3) is 0 Å². The summed E-state index contributed by atoms with van der Waals surface area (Å²) in [5.74, 6) is 0.522. The summed E-state index contributed by atoms with van der Waals surface area (Å²) in [4.78, 5) is 23.5. The van der Waals surface area contributed by atoms with Crippen LogP contribution in [0.5, 0.6) is 0 Å². The minimum absolute atomic E-state index is 0.371. The number of carbonyl (C=O) groups excluding carboxylic acids is 1. The predicted octanol–water partition coefficient (Wildman–Crippen LogP) is 1.78. The summed E-state index contributed by atoms with van der Waals surface area (Å²) in [7, 11) is 0. The maximum atomic E-state index is 10.6. The largest absolute Gasteiger partial charge is 0.342 e. The van der Waals surface area contributed by atoms with Crippen molar-refractivity contribution in [2.45, 2.75) is 4.90 Å². The van der Waals surface area contributed by atoms with E-state index in [4.69, 9.17) is 23.2 Å². The first-order chi connectivity index (χ1) is 8.65. The molecule has 0 bridgehead atoms. The van der Waals surface area contributed by atoms with Crippen molar-refractivity contribution >= 4 is 47.3 Å². The standard InChI is InChI=1S/C10H12Cl2N4OS/c1-18-7-8(11)13-10(14-9(7)12)16-4-2-15(6-17)3-5-16/h6H,2-5H2,1H3. The summed E-state index contributed by atoms with van der Waals surface area (Å²) >= 11 is 13.5. The third-order valence-corrected chi connectivity index (χ3v) is 4.29. The van der Waals surface area contributed by atoms with Gasteiger partial charge in [0.15, 0.2) is 0 Å². The maximum absolute atomic E-state index is 10.6. The van der Waals surface area contributed by atoms with Gasteiger partial charge in [-0.2, -0.15) is 9.97 Å². The van der Waals surface area contributed by atoms with Gasteiger partial charge in [0.1, 0.15) is 10.3 Å². The van der Waals surface area contributed by atoms with Crippen LogP contribution in [0, 0.1) is 0 Å². The normalized spacial score (nSPS) is 15.9. The Balaban J connectivity index is 2.17. The average Bonchev–Trinajstić information content (AvgIpc) is 2.38. The van der Waals surface area contributed by atoms with Crippen LogP contribution in [0.2, 0.25) is 10.3 Å². The van der Waals surface area contributed by atoms with Crippen molar-refractivity contribution in [3.05, 3.63) is 10.3 Å². The smallest absolute Gasteiger partial charge is 0.228 e. The SMILES string of the molecule is CSc1c(Cl)nc(N2CCN(C=O)CC2)nc1Cl. The molecule has 0 atom stereocenters. The first kappa shape index (κ1) is 13.7. The zero-order valence-corrected chi connectivity index (χ0v) is 12.1. The van der Waals surface area contributed by atoms with E-state index >= 15 is 0 Å². The van der Waals surface area contributed by atoms with Crippen LogP contribution in [0.4, 0.5) is 5.95 Å². The topological polar surface area (TPSA) is 49.3 Å². The zero-order valence-electron chi connectivity index (χ0n) is 9.77. The van der Waals surface area contributed by atoms with Gasteiger partial charge in [0.2, 0.25) is 12.4 Å². The van der Waals surface area contributed by atoms with Crippen LogP contribution >= 0.6 is 35.0 Å². The number of anilines is 1. The zero-order chi connectivity index (χ0) is 13.1. The minimum Gasteiger partial charge on any atom is -0.342 e. The average molecular weight is 307 g/mol. The van der Waals surface area contributed by atoms with Crippen LogP contribution in [0.15, 0.2) is 4.90 Å². The Morgan fingerprint density at radius 3 is 2.17 bits per heavy atom. The minimum atomic E-state index is 0.371. The Labute approximate surface area is 119 Å². The second-order valence-electron chi connectivity index (χ2n) is 3.77. The highest BCUT2D eigenvalue weighted by Gasteiger charge is 2.20. The number of hydrogen-bond acceptors (Lipinski definition) is 5. The first-order valence-electron chi connectivity index (χ1n) is 5.37. The number of piperazine rings is 1. The summed E-state index contributed by atoms with van der Waals surface area (Å²) in [5, 5.41) is 0.741. The molecule has 1 fully saturated rings. The summed E-state index contributed by atoms with van der Waals surface area (Å²) < 4.78 is 0. The molecule has 2 heterocycles. The quantitative estimate of drug-likeness (QED) is 0.484. The lowest BCUT2D eigenvalue weighted by Gasteiger charge is -2.32. The van der Waals surface area contributed by atoms with Gasteiger partial charge in [-0.15, -0.1) is 11.8 Å². The Bertz CT molecular complexity index is 428. The summed E-state index contributed by atoms with van der Waals surface area (Å²) in [6, 6.07) is 0. The lowest BCUT2D eigenvalue weighted by atomic mass is 10.3. The lowest BCUT2D eigenvalue weighted by molar-refractivity contribution is -0.118. The summed E-state index contributed by atoms with van der Waals surface area (Å²) in [6.07, 6.45) is 2.73. The Hall–Kier alpha value is -0.720. The van der Waals surface area contributed by atoms with Crippen molar-refractivity contribution in [1.82, 2.24) is 14.9 Å². The molecule has 18 heavy (non-hydrogen) atoms. The van der Waals surface area contributed by atoms with E-state index in [-0.39, 0.29) is 0 Å². The molecule has 1 saturated heterocycles. The second-order valence-corrected chi connectivity index (χ2v) is 5.30. The molecule has 1 aliphatic heterocycles. The van der Waals surface area contributed by atoms with Crippen LogP contribution < -0.4 is 4.90 Å². The fraction of sp³-hybridized carbons (Fsp3) is 0.500. The predicted molar refractivity (Wildman–Crippen MR) is 73.7 cm³/mol. The van der Waals surface area contributed by atoms with Gasteiger partial charge < -0.3 is 9.80 Å². The highest BCUT2D eigenvalue weighted by molar-refractivity contribution is 7.98. The molecule has 1 aromatic rings. The van der Waals surface area contributed by atoms with Gasteiger partial charge in [-0.25, -0.2) is 0 Å². The van der Waals surface area contributed by atoms with Crippen molar-refractivity contribution < 1.29 is 4.79 Å². The number of aromatic nitrogens is 2. The molecule has 0 unspecified atom stereocenters. The molecule has 0 aliphatic carbocycles. The first-order valence-corrected chi connectivity index (χ1v) is 7.35. The van der Waals surface area contributed by atoms with Gasteiger partial charge in [0, 0.05) is 26.2 Å². The maximum Gasteiger partial charge on any atom is 0.228 e. The molecule has 5 nitrogen and oxygen atoms in total. The lowest BCUT2D eigenvalue weighted by Crippen LogP contribution is -2.46. The fourth-order valence-electron chi connectivity index (χ4n) is 1.72. The summed E-state index contributed by atoms with van der Waals surface area (Å²) in [5.41, 5.74) is 0.